The second kappa shape index (κ2) is 5.73. The largest absolute Gasteiger partial charge is 0.480 e. The minimum absolute atomic E-state index is 0.201. The number of aliphatic carboxylic acids is 1. The third-order valence-corrected chi connectivity index (χ3v) is 3.12. The van der Waals surface area contributed by atoms with Crippen molar-refractivity contribution in [3.63, 3.8) is 0 Å². The Hall–Kier alpha value is -2.37. The van der Waals surface area contributed by atoms with Crippen LogP contribution in [0.15, 0.2) is 24.3 Å². The standard InChI is InChI=1S/C14H18N2O4/c1-9(17)15-11-7-5-10(6-8-11)12(18)16(4)14(2,3)13(19)20/h5-8H,1-4H3,(H,15,17)(H,19,20). The number of anilines is 1. The number of amides is 2. The van der Waals surface area contributed by atoms with Crippen LogP contribution in [0.5, 0.6) is 0 Å². The second-order valence-electron chi connectivity index (χ2n) is 4.99. The van der Waals surface area contributed by atoms with E-state index >= 15 is 0 Å². The number of carbonyl (C=O) groups excluding carboxylic acids is 2. The summed E-state index contributed by atoms with van der Waals surface area (Å²) in [5.74, 6) is -1.68. The quantitative estimate of drug-likeness (QED) is 0.875. The lowest BCUT2D eigenvalue weighted by molar-refractivity contribution is -0.147. The van der Waals surface area contributed by atoms with E-state index in [0.717, 1.165) is 0 Å². The van der Waals surface area contributed by atoms with Crippen LogP contribution in [0.4, 0.5) is 5.69 Å². The van der Waals surface area contributed by atoms with E-state index < -0.39 is 17.4 Å². The summed E-state index contributed by atoms with van der Waals surface area (Å²) in [6, 6.07) is 6.27. The van der Waals surface area contributed by atoms with E-state index in [1.807, 2.05) is 0 Å². The maximum Gasteiger partial charge on any atom is 0.329 e. The Balaban J connectivity index is 2.93. The number of rotatable bonds is 4. The smallest absolute Gasteiger partial charge is 0.329 e. The first-order chi connectivity index (χ1) is 9.16. The first-order valence-electron chi connectivity index (χ1n) is 6.05. The van der Waals surface area contributed by atoms with Gasteiger partial charge >= 0.3 is 5.97 Å². The predicted octanol–water partition coefficient (Wildman–Crippen LogP) is 1.58. The van der Waals surface area contributed by atoms with Gasteiger partial charge in [-0.25, -0.2) is 4.79 Å². The summed E-state index contributed by atoms with van der Waals surface area (Å²) in [7, 11) is 1.44. The van der Waals surface area contributed by atoms with Crippen molar-refractivity contribution < 1.29 is 19.5 Å². The molecule has 20 heavy (non-hydrogen) atoms. The van der Waals surface area contributed by atoms with Crippen molar-refractivity contribution >= 4 is 23.5 Å². The Kier molecular flexibility index (Phi) is 4.49. The van der Waals surface area contributed by atoms with Gasteiger partial charge in [0.25, 0.3) is 5.91 Å². The fraction of sp³-hybridized carbons (Fsp3) is 0.357. The van der Waals surface area contributed by atoms with Gasteiger partial charge in [-0.1, -0.05) is 0 Å². The average molecular weight is 278 g/mol. The maximum atomic E-state index is 12.2. The Morgan fingerprint density at radius 3 is 2.05 bits per heavy atom. The van der Waals surface area contributed by atoms with Gasteiger partial charge in [-0.2, -0.15) is 0 Å². The normalized spacial score (nSPS) is 10.8. The van der Waals surface area contributed by atoms with E-state index in [1.54, 1.807) is 24.3 Å². The zero-order valence-electron chi connectivity index (χ0n) is 11.9. The molecule has 1 aromatic rings. The van der Waals surface area contributed by atoms with Crippen LogP contribution in [0, 0.1) is 0 Å². The number of nitrogens with zero attached hydrogens (tertiary/aromatic N) is 1. The second-order valence-corrected chi connectivity index (χ2v) is 4.99. The third-order valence-electron chi connectivity index (χ3n) is 3.12. The molecule has 1 rings (SSSR count). The molecule has 0 aromatic heterocycles. The maximum absolute atomic E-state index is 12.2. The van der Waals surface area contributed by atoms with Gasteiger partial charge in [-0.3, -0.25) is 9.59 Å². The van der Waals surface area contributed by atoms with Gasteiger partial charge < -0.3 is 15.3 Å². The van der Waals surface area contributed by atoms with E-state index in [9.17, 15) is 14.4 Å². The monoisotopic (exact) mass is 278 g/mol. The van der Waals surface area contributed by atoms with E-state index in [4.69, 9.17) is 5.11 Å². The fourth-order valence-corrected chi connectivity index (χ4v) is 1.49. The highest BCUT2D eigenvalue weighted by Gasteiger charge is 2.35. The highest BCUT2D eigenvalue weighted by molar-refractivity contribution is 5.98. The molecule has 108 valence electrons. The number of nitrogens with one attached hydrogen (secondary N) is 1. The number of hydrogen-bond acceptors (Lipinski definition) is 3. The molecular weight excluding hydrogens is 260 g/mol. The van der Waals surface area contributed by atoms with E-state index in [1.165, 1.54) is 32.7 Å². The van der Waals surface area contributed by atoms with Gasteiger partial charge in [-0.15, -0.1) is 0 Å². The summed E-state index contributed by atoms with van der Waals surface area (Å²) in [6.45, 7) is 4.31. The SMILES string of the molecule is CC(=O)Nc1ccc(C(=O)N(C)C(C)(C)C(=O)O)cc1. The molecule has 0 radical (unpaired) electrons. The Morgan fingerprint density at radius 1 is 1.15 bits per heavy atom. The molecule has 0 aliphatic carbocycles. The van der Waals surface area contributed by atoms with Crippen LogP contribution in [-0.4, -0.2) is 40.4 Å². The summed E-state index contributed by atoms with van der Waals surface area (Å²) in [5.41, 5.74) is -0.363. The van der Waals surface area contributed by atoms with E-state index in [-0.39, 0.29) is 5.91 Å². The van der Waals surface area contributed by atoms with Crippen LogP contribution in [-0.2, 0) is 9.59 Å². The number of carboxylic acid groups (broad SMARTS) is 1. The first kappa shape index (κ1) is 15.7. The molecule has 0 bridgehead atoms. The Morgan fingerprint density at radius 2 is 1.65 bits per heavy atom. The third kappa shape index (κ3) is 3.34. The van der Waals surface area contributed by atoms with E-state index in [2.05, 4.69) is 5.32 Å². The molecule has 0 unspecified atom stereocenters. The number of carbonyl (C=O) groups is 3. The van der Waals surface area contributed by atoms with Gasteiger partial charge in [-0.05, 0) is 38.1 Å². The molecule has 0 heterocycles. The van der Waals surface area contributed by atoms with Crippen LogP contribution in [0.3, 0.4) is 0 Å². The number of benzene rings is 1. The van der Waals surface area contributed by atoms with Gasteiger partial charge in [0, 0.05) is 25.2 Å². The molecule has 0 spiro atoms. The summed E-state index contributed by atoms with van der Waals surface area (Å²) in [5, 5.41) is 11.7. The fourth-order valence-electron chi connectivity index (χ4n) is 1.49. The van der Waals surface area contributed by atoms with Crippen LogP contribution in [0.25, 0.3) is 0 Å². The molecule has 0 fully saturated rings. The summed E-state index contributed by atoms with van der Waals surface area (Å²) < 4.78 is 0. The lowest BCUT2D eigenvalue weighted by Gasteiger charge is -2.31. The van der Waals surface area contributed by atoms with Crippen molar-refractivity contribution in [2.45, 2.75) is 26.3 Å². The van der Waals surface area contributed by atoms with Crippen molar-refractivity contribution in [1.82, 2.24) is 4.90 Å². The van der Waals surface area contributed by atoms with Crippen LogP contribution >= 0.6 is 0 Å². The number of carboxylic acids is 1. The summed E-state index contributed by atoms with van der Waals surface area (Å²) >= 11 is 0. The van der Waals surface area contributed by atoms with Gasteiger partial charge in [0.1, 0.15) is 5.54 Å². The molecular formula is C14H18N2O4. The molecule has 0 aliphatic rings. The molecule has 1 aromatic carbocycles. The number of hydrogen-bond donors (Lipinski definition) is 2. The van der Waals surface area contributed by atoms with E-state index in [0.29, 0.717) is 11.3 Å². The molecule has 2 amide bonds. The molecule has 0 saturated carbocycles. The lowest BCUT2D eigenvalue weighted by atomic mass is 10.0. The van der Waals surface area contributed by atoms with Gasteiger partial charge in [0.05, 0.1) is 0 Å². The van der Waals surface area contributed by atoms with Crippen molar-refractivity contribution in [1.29, 1.82) is 0 Å². The molecule has 6 heteroatoms. The minimum atomic E-state index is -1.30. The van der Waals surface area contributed by atoms with Crippen molar-refractivity contribution in [2.24, 2.45) is 0 Å². The van der Waals surface area contributed by atoms with Crippen molar-refractivity contribution in [2.75, 3.05) is 12.4 Å². The van der Waals surface area contributed by atoms with Crippen LogP contribution < -0.4 is 5.32 Å². The van der Waals surface area contributed by atoms with Crippen molar-refractivity contribution in [3.8, 4) is 0 Å². The number of likely N-dealkylation sites (N-methyl/N-ethyl adjacent to an activating group) is 1. The highest BCUT2D eigenvalue weighted by atomic mass is 16.4. The Bertz CT molecular complexity index is 535. The average Bonchev–Trinajstić information content (AvgIpc) is 2.37. The van der Waals surface area contributed by atoms with Crippen LogP contribution in [0.1, 0.15) is 31.1 Å². The predicted molar refractivity (Wildman–Crippen MR) is 74.6 cm³/mol. The van der Waals surface area contributed by atoms with Crippen LogP contribution in [0.2, 0.25) is 0 Å². The summed E-state index contributed by atoms with van der Waals surface area (Å²) in [6.07, 6.45) is 0. The molecule has 0 atom stereocenters. The molecule has 0 aliphatic heterocycles. The van der Waals surface area contributed by atoms with Gasteiger partial charge in [0.15, 0.2) is 0 Å². The lowest BCUT2D eigenvalue weighted by Crippen LogP contribution is -2.50. The molecule has 2 N–H and O–H groups in total. The summed E-state index contributed by atoms with van der Waals surface area (Å²) in [4.78, 5) is 35.4. The Labute approximate surface area is 117 Å². The minimum Gasteiger partial charge on any atom is -0.480 e. The van der Waals surface area contributed by atoms with Gasteiger partial charge in [0.2, 0.25) is 5.91 Å². The zero-order chi connectivity index (χ0) is 15.5. The molecule has 0 saturated heterocycles. The topological polar surface area (TPSA) is 86.7 Å². The zero-order valence-corrected chi connectivity index (χ0v) is 11.9. The highest BCUT2D eigenvalue weighted by Crippen LogP contribution is 2.17. The first-order valence-corrected chi connectivity index (χ1v) is 6.05. The molecule has 6 nitrogen and oxygen atoms in total. The van der Waals surface area contributed by atoms with Crippen molar-refractivity contribution in [3.05, 3.63) is 29.8 Å².